The molecule has 0 aromatic heterocycles. The quantitative estimate of drug-likeness (QED) is 0.142. The number of nitrogens with one attached hydrogen (secondary N) is 2. The van der Waals surface area contributed by atoms with Crippen molar-refractivity contribution in [3.05, 3.63) is 190 Å². The van der Waals surface area contributed by atoms with Crippen molar-refractivity contribution in [3.63, 3.8) is 0 Å². The van der Waals surface area contributed by atoms with E-state index in [1.807, 2.05) is 0 Å². The molecule has 0 amide bonds. The van der Waals surface area contributed by atoms with Gasteiger partial charge in [0.2, 0.25) is 0 Å². The molecule has 0 bridgehead atoms. The fourth-order valence-corrected chi connectivity index (χ4v) is 13.1. The summed E-state index contributed by atoms with van der Waals surface area (Å²) in [5, 5.41) is 14.5. The lowest BCUT2D eigenvalue weighted by molar-refractivity contribution is 0.300. The van der Waals surface area contributed by atoms with E-state index < -0.39 is 15.8 Å². The molecule has 294 valence electrons. The maximum Gasteiger partial charge on any atom is 0.0523 e. The Labute approximate surface area is 366 Å². The van der Waals surface area contributed by atoms with Crippen LogP contribution in [0.1, 0.15) is 56.6 Å². The molecule has 2 heterocycles. The Bertz CT molecular complexity index is 1880. The van der Waals surface area contributed by atoms with Gasteiger partial charge in [-0.2, -0.15) is 54.0 Å². The Kier molecular flexibility index (Phi) is 17.3. The zero-order valence-electron chi connectivity index (χ0n) is 32.9. The molecular formula is C48H58N2P2S4. The molecule has 0 spiro atoms. The Morgan fingerprint density at radius 3 is 0.946 bits per heavy atom. The van der Waals surface area contributed by atoms with E-state index >= 15 is 0 Å². The lowest BCUT2D eigenvalue weighted by Crippen LogP contribution is -2.51. The number of hydrogen-bond donors (Lipinski definition) is 2. The molecule has 0 saturated carbocycles. The van der Waals surface area contributed by atoms with Gasteiger partial charge in [0.1, 0.15) is 0 Å². The number of fused-ring (bicyclic) bond motifs is 2. The molecule has 2 nitrogen and oxygen atoms in total. The second kappa shape index (κ2) is 21.0. The average molecular weight is 853 g/mol. The topological polar surface area (TPSA) is 24.1 Å². The third-order valence-electron chi connectivity index (χ3n) is 11.1. The molecule has 2 N–H and O–H groups in total. The average Bonchev–Trinajstić information content (AvgIpc) is 3.17. The second-order valence-corrected chi connectivity index (χ2v) is 19.6. The maximum atomic E-state index is 4.32. The maximum absolute atomic E-state index is 4.32. The molecule has 0 radical (unpaired) electrons. The SMILES string of the molecule is Cc1ccc(P(C[C@@H]2Cc3ccccc3[C@@H]([C@H]3N[C@H](CP(c4ccc(C)cc4)c4ccc(C)cc4)Cc4ccccc43)N2)c2ccc(C)cc2)cc1.S.S.S.S. The van der Waals surface area contributed by atoms with Crippen LogP contribution in [0.25, 0.3) is 0 Å². The van der Waals surface area contributed by atoms with E-state index in [-0.39, 0.29) is 66.1 Å². The molecule has 8 heteroatoms. The van der Waals surface area contributed by atoms with Crippen LogP contribution in [-0.2, 0) is 12.8 Å². The highest BCUT2D eigenvalue weighted by Crippen LogP contribution is 2.44. The van der Waals surface area contributed by atoms with Crippen LogP contribution in [0, 0.1) is 27.7 Å². The van der Waals surface area contributed by atoms with Crippen molar-refractivity contribution in [2.75, 3.05) is 12.3 Å². The van der Waals surface area contributed by atoms with Gasteiger partial charge in [0.15, 0.2) is 0 Å². The van der Waals surface area contributed by atoms with Gasteiger partial charge < -0.3 is 10.6 Å². The van der Waals surface area contributed by atoms with Gasteiger partial charge in [-0.3, -0.25) is 0 Å². The molecule has 2 aliphatic rings. The highest BCUT2D eigenvalue weighted by Gasteiger charge is 2.38. The summed E-state index contributed by atoms with van der Waals surface area (Å²) in [7, 11) is -1.07. The van der Waals surface area contributed by atoms with Gasteiger partial charge in [-0.15, -0.1) is 0 Å². The lowest BCUT2D eigenvalue weighted by Gasteiger charge is -2.44. The first-order chi connectivity index (χ1) is 25.4. The largest absolute Gasteiger partial charge is 0.305 e. The van der Waals surface area contributed by atoms with Crippen LogP contribution in [0.15, 0.2) is 146 Å². The molecule has 56 heavy (non-hydrogen) atoms. The molecule has 6 aromatic rings. The van der Waals surface area contributed by atoms with Crippen molar-refractivity contribution >= 4 is 91.0 Å². The Morgan fingerprint density at radius 2 is 0.661 bits per heavy atom. The van der Waals surface area contributed by atoms with E-state index in [2.05, 4.69) is 184 Å². The highest BCUT2D eigenvalue weighted by molar-refractivity contribution is 7.73. The zero-order valence-corrected chi connectivity index (χ0v) is 38.7. The number of benzene rings is 6. The Morgan fingerprint density at radius 1 is 0.393 bits per heavy atom. The predicted molar refractivity (Wildman–Crippen MR) is 268 cm³/mol. The minimum absolute atomic E-state index is 0. The summed E-state index contributed by atoms with van der Waals surface area (Å²) in [5.41, 5.74) is 11.1. The van der Waals surface area contributed by atoms with Gasteiger partial charge in [-0.1, -0.05) is 168 Å². The van der Waals surface area contributed by atoms with Crippen molar-refractivity contribution in [1.29, 1.82) is 0 Å². The molecule has 4 atom stereocenters. The second-order valence-electron chi connectivity index (χ2n) is 15.1. The van der Waals surface area contributed by atoms with Gasteiger partial charge in [0.05, 0.1) is 12.1 Å². The summed E-state index contributed by atoms with van der Waals surface area (Å²) < 4.78 is 0. The monoisotopic (exact) mass is 852 g/mol. The first kappa shape index (κ1) is 46.2. The normalized spacial score (nSPS) is 18.3. The molecule has 0 saturated heterocycles. The van der Waals surface area contributed by atoms with E-state index in [1.54, 1.807) is 0 Å². The minimum Gasteiger partial charge on any atom is -0.305 e. The number of hydrogen-bond acceptors (Lipinski definition) is 2. The predicted octanol–water partition coefficient (Wildman–Crippen LogP) is 9.45. The van der Waals surface area contributed by atoms with E-state index in [4.69, 9.17) is 0 Å². The fourth-order valence-electron chi connectivity index (χ4n) is 8.23. The number of aryl methyl sites for hydroxylation is 4. The first-order valence-electron chi connectivity index (χ1n) is 18.9. The molecular weight excluding hydrogens is 795 g/mol. The van der Waals surface area contributed by atoms with Gasteiger partial charge in [0, 0.05) is 12.1 Å². The van der Waals surface area contributed by atoms with Crippen LogP contribution in [0.3, 0.4) is 0 Å². The summed E-state index contributed by atoms with van der Waals surface area (Å²) in [5.74, 6) is 0. The van der Waals surface area contributed by atoms with Crippen molar-refractivity contribution in [3.8, 4) is 0 Å². The van der Waals surface area contributed by atoms with Crippen LogP contribution in [-0.4, -0.2) is 24.4 Å². The molecule has 0 aliphatic carbocycles. The summed E-state index contributed by atoms with van der Waals surface area (Å²) in [4.78, 5) is 0. The molecule has 0 fully saturated rings. The van der Waals surface area contributed by atoms with E-state index in [1.165, 1.54) is 65.7 Å². The summed E-state index contributed by atoms with van der Waals surface area (Å²) in [6.07, 6.45) is 4.31. The highest BCUT2D eigenvalue weighted by atomic mass is 32.1. The zero-order chi connectivity index (χ0) is 35.6. The Hall–Kier alpha value is -2.50. The summed E-state index contributed by atoms with van der Waals surface area (Å²) in [6, 6.07) is 56.9. The third-order valence-corrected chi connectivity index (χ3v) is 16.4. The van der Waals surface area contributed by atoms with Crippen LogP contribution >= 0.6 is 69.8 Å². The van der Waals surface area contributed by atoms with E-state index in [0.717, 1.165) is 25.2 Å². The van der Waals surface area contributed by atoms with Gasteiger partial charge in [0.25, 0.3) is 0 Å². The fraction of sp³-hybridized carbons (Fsp3) is 0.250. The molecule has 6 aromatic carbocycles. The smallest absolute Gasteiger partial charge is 0.0523 e. The molecule has 2 aliphatic heterocycles. The first-order valence-corrected chi connectivity index (χ1v) is 21.9. The van der Waals surface area contributed by atoms with Crippen molar-refractivity contribution < 1.29 is 0 Å². The van der Waals surface area contributed by atoms with Crippen LogP contribution in [0.4, 0.5) is 0 Å². The molecule has 8 rings (SSSR count). The standard InChI is InChI=1S/C48H50N2P2.4H2S/c1-33-13-21-41(22-14-33)51(42-23-15-34(2)16-24-42)31-39-29-37-9-5-7-11-45(37)47(49-39)48-46-12-8-6-10-38(46)30-40(50-48)32-52(43-25-17-35(3)18-26-43)44-27-19-36(4)20-28-44;;;;/h5-28,39-40,47-50H,29-32H2,1-4H3;4*1H2/t39-,40-,47-,48-;;;;/m0..../s1. The van der Waals surface area contributed by atoms with Crippen LogP contribution in [0.2, 0.25) is 0 Å². The van der Waals surface area contributed by atoms with Crippen LogP contribution in [0.5, 0.6) is 0 Å². The summed E-state index contributed by atoms with van der Waals surface area (Å²) >= 11 is 0. The minimum atomic E-state index is -0.534. The van der Waals surface area contributed by atoms with E-state index in [9.17, 15) is 0 Å². The van der Waals surface area contributed by atoms with E-state index in [0.29, 0.717) is 12.1 Å². The van der Waals surface area contributed by atoms with Crippen molar-refractivity contribution in [2.24, 2.45) is 0 Å². The van der Waals surface area contributed by atoms with Gasteiger partial charge in [-0.05, 0) is 112 Å². The lowest BCUT2D eigenvalue weighted by atomic mass is 9.80. The van der Waals surface area contributed by atoms with Crippen LogP contribution < -0.4 is 31.9 Å². The van der Waals surface area contributed by atoms with Gasteiger partial charge in [-0.25, -0.2) is 0 Å². The third kappa shape index (κ3) is 10.6. The number of rotatable bonds is 9. The Balaban J connectivity index is 0.00000174. The van der Waals surface area contributed by atoms with Crippen molar-refractivity contribution in [1.82, 2.24) is 10.6 Å². The molecule has 0 unspecified atom stereocenters. The van der Waals surface area contributed by atoms with Gasteiger partial charge >= 0.3 is 0 Å². The van der Waals surface area contributed by atoms with Crippen molar-refractivity contribution in [2.45, 2.75) is 64.7 Å². The summed E-state index contributed by atoms with van der Waals surface area (Å²) in [6.45, 7) is 8.76.